The molecule has 0 saturated carbocycles. The monoisotopic (exact) mass is 712 g/mol. The maximum Gasteiger partial charge on any atom is 0.216 e. The number of rotatable bonds is 7. The molecule has 2 heterocycles. The van der Waals surface area contributed by atoms with E-state index in [1.54, 1.807) is 0 Å². The van der Waals surface area contributed by atoms with Crippen LogP contribution < -0.4 is 9.80 Å². The van der Waals surface area contributed by atoms with Gasteiger partial charge in [0.2, 0.25) is 5.90 Å². The van der Waals surface area contributed by atoms with E-state index in [9.17, 15) is 0 Å². The van der Waals surface area contributed by atoms with Gasteiger partial charge >= 0.3 is 35.0 Å². The van der Waals surface area contributed by atoms with Gasteiger partial charge in [0.05, 0.1) is 6.54 Å². The number of aliphatic imine (C=N–C) groups is 1. The van der Waals surface area contributed by atoms with Gasteiger partial charge in [0.15, 0.2) is 0 Å². The van der Waals surface area contributed by atoms with Gasteiger partial charge in [-0.2, -0.15) is 0 Å². The fourth-order valence-corrected chi connectivity index (χ4v) is 5.33. The van der Waals surface area contributed by atoms with Gasteiger partial charge in [-0.15, -0.1) is 6.67 Å². The third-order valence-electron chi connectivity index (χ3n) is 7.44. The molecule has 5 rings (SSSR count). The normalized spacial score (nSPS) is 14.2. The van der Waals surface area contributed by atoms with Gasteiger partial charge < -0.3 is 14.5 Å². The number of benzene rings is 3. The van der Waals surface area contributed by atoms with Crippen LogP contribution in [-0.4, -0.2) is 19.0 Å². The Balaban J connectivity index is 0.000000297. The summed E-state index contributed by atoms with van der Waals surface area (Å²) in [5.74, 6) is 2.70. The minimum atomic E-state index is -0.106. The molecule has 0 radical (unpaired) electrons. The van der Waals surface area contributed by atoms with Crippen molar-refractivity contribution in [3.05, 3.63) is 114 Å². The van der Waals surface area contributed by atoms with Crippen LogP contribution in [0.2, 0.25) is 0 Å². The average Bonchev–Trinajstić information content (AvgIpc) is 3.71. The Bertz CT molecular complexity index is 1230. The Kier molecular flexibility index (Phi) is 14.1. The summed E-state index contributed by atoms with van der Waals surface area (Å²) in [5.41, 5.74) is 9.36. The maximum absolute atomic E-state index is 5.29. The van der Waals surface area contributed by atoms with Crippen molar-refractivity contribution in [3.63, 3.8) is 0 Å². The summed E-state index contributed by atoms with van der Waals surface area (Å²) < 4.78 is 5.29. The summed E-state index contributed by atoms with van der Waals surface area (Å²) in [5, 5.41) is 0. The third-order valence-corrected chi connectivity index (χ3v) is 7.44. The molecule has 0 saturated heterocycles. The van der Waals surface area contributed by atoms with Crippen LogP contribution in [0.25, 0.3) is 0 Å². The van der Waals surface area contributed by atoms with Gasteiger partial charge in [-0.3, -0.25) is 0 Å². The molecule has 0 aliphatic carbocycles. The number of anilines is 2. The third kappa shape index (κ3) is 9.35. The smallest absolute Gasteiger partial charge is 0.216 e. The minimum Gasteiger partial charge on any atom is -0.476 e. The second kappa shape index (κ2) is 17.3. The summed E-state index contributed by atoms with van der Waals surface area (Å²) in [6.45, 7) is 22.1. The van der Waals surface area contributed by atoms with E-state index in [1.165, 1.54) is 33.6 Å². The first-order chi connectivity index (χ1) is 20.6. The SMILES string of the molecule is CC(C)c1cccc(C(C)C)c1N1C=CN(c2c(C(C)C)cccc2C(C)C)[CH-]1.[Cl][Pd][Cl].c1ccc(C2=NCCO2)cc1. The summed E-state index contributed by atoms with van der Waals surface area (Å²) in [6, 6.07) is 23.5. The number of nitrogens with zero attached hydrogens (tertiary/aromatic N) is 3. The van der Waals surface area contributed by atoms with Crippen molar-refractivity contribution in [2.45, 2.75) is 79.1 Å². The molecule has 4 nitrogen and oxygen atoms in total. The molecule has 43 heavy (non-hydrogen) atoms. The summed E-state index contributed by atoms with van der Waals surface area (Å²) in [4.78, 5) is 8.85. The molecule has 0 unspecified atom stereocenters. The first-order valence-electron chi connectivity index (χ1n) is 15.0. The van der Waals surface area contributed by atoms with Crippen LogP contribution in [0.5, 0.6) is 0 Å². The Hall–Kier alpha value is -2.29. The van der Waals surface area contributed by atoms with Crippen molar-refractivity contribution in [3.8, 4) is 0 Å². The van der Waals surface area contributed by atoms with E-state index in [2.05, 4.69) is 126 Å². The molecule has 236 valence electrons. The van der Waals surface area contributed by atoms with Crippen molar-refractivity contribution in [2.24, 2.45) is 4.99 Å². The summed E-state index contributed by atoms with van der Waals surface area (Å²) in [7, 11) is 9.63. The maximum atomic E-state index is 5.29. The fraction of sp³-hybridized carbons (Fsp3) is 0.389. The standard InChI is InChI=1S/C27H37N2.C9H9NO.2ClH.Pd/c1-18(2)22-11-9-12-23(19(3)4)26(22)28-15-16-29(17-28)27-24(20(5)6)13-10-14-25(27)21(7)8;1-2-4-8(5-3-1)9-10-6-7-11-9;;;/h9-21H,1-8H3;1-5H,6-7H2;2*1H;/q-1;;;;+2/p-2. The zero-order valence-corrected chi connectivity index (χ0v) is 29.7. The molecule has 0 aromatic heterocycles. The zero-order valence-electron chi connectivity index (χ0n) is 26.6. The fourth-order valence-electron chi connectivity index (χ4n) is 5.33. The molecule has 2 aliphatic heterocycles. The van der Waals surface area contributed by atoms with Crippen molar-refractivity contribution < 1.29 is 20.7 Å². The molecule has 0 amide bonds. The molecule has 0 fully saturated rings. The van der Waals surface area contributed by atoms with Crippen LogP contribution in [0.15, 0.2) is 84.1 Å². The topological polar surface area (TPSA) is 28.1 Å². The van der Waals surface area contributed by atoms with Crippen molar-refractivity contribution in [2.75, 3.05) is 23.0 Å². The van der Waals surface area contributed by atoms with E-state index in [1.807, 2.05) is 30.3 Å². The number of ether oxygens (including phenoxy) is 1. The van der Waals surface area contributed by atoms with Gasteiger partial charge in [-0.1, -0.05) is 110 Å². The first kappa shape index (κ1) is 35.2. The quantitative estimate of drug-likeness (QED) is 0.180. The molecule has 0 bridgehead atoms. The van der Waals surface area contributed by atoms with Crippen LogP contribution in [-0.2, 0) is 20.7 Å². The minimum absolute atomic E-state index is 0.106. The molecule has 3 aromatic rings. The Morgan fingerprint density at radius 3 is 1.37 bits per heavy atom. The van der Waals surface area contributed by atoms with Gasteiger partial charge in [0, 0.05) is 16.9 Å². The van der Waals surface area contributed by atoms with E-state index in [0.29, 0.717) is 23.7 Å². The number of hydrogen-bond acceptors (Lipinski definition) is 4. The van der Waals surface area contributed by atoms with Crippen molar-refractivity contribution in [1.29, 1.82) is 0 Å². The van der Waals surface area contributed by atoms with Gasteiger partial charge in [0.25, 0.3) is 0 Å². The first-order valence-corrected chi connectivity index (χ1v) is 19.0. The van der Waals surface area contributed by atoms with Crippen LogP contribution in [0, 0.1) is 6.67 Å². The average molecular weight is 714 g/mol. The molecule has 3 aromatic carbocycles. The van der Waals surface area contributed by atoms with Crippen molar-refractivity contribution >= 4 is 36.3 Å². The predicted molar refractivity (Wildman–Crippen MR) is 183 cm³/mol. The second-order valence-corrected chi connectivity index (χ2v) is 14.2. The molecule has 0 atom stereocenters. The second-order valence-electron chi connectivity index (χ2n) is 11.9. The van der Waals surface area contributed by atoms with E-state index in [-0.39, 0.29) is 15.9 Å². The van der Waals surface area contributed by atoms with Crippen molar-refractivity contribution in [1.82, 2.24) is 0 Å². The van der Waals surface area contributed by atoms with Gasteiger partial charge in [-0.25, -0.2) is 4.99 Å². The van der Waals surface area contributed by atoms with Gasteiger partial charge in [0.1, 0.15) is 6.61 Å². The van der Waals surface area contributed by atoms with E-state index in [0.717, 1.165) is 24.6 Å². The number of para-hydroxylation sites is 2. The Morgan fingerprint density at radius 1 is 0.651 bits per heavy atom. The summed E-state index contributed by atoms with van der Waals surface area (Å²) in [6.07, 6.45) is 4.43. The Morgan fingerprint density at radius 2 is 1.05 bits per heavy atom. The van der Waals surface area contributed by atoms with Crippen LogP contribution in [0.4, 0.5) is 11.4 Å². The number of hydrogen-bond donors (Lipinski definition) is 0. The van der Waals surface area contributed by atoms with E-state index >= 15 is 0 Å². The molecule has 7 heteroatoms. The van der Waals surface area contributed by atoms with Crippen LogP contribution in [0.1, 0.15) is 107 Å². The van der Waals surface area contributed by atoms with Crippen LogP contribution in [0.3, 0.4) is 0 Å². The molecular weight excluding hydrogens is 668 g/mol. The van der Waals surface area contributed by atoms with Crippen LogP contribution >= 0.6 is 19.1 Å². The Labute approximate surface area is 276 Å². The molecule has 0 N–H and O–H groups in total. The van der Waals surface area contributed by atoms with Gasteiger partial charge in [-0.05, 0) is 70.5 Å². The molecule has 2 aliphatic rings. The largest absolute Gasteiger partial charge is 0.476 e. The molecule has 0 spiro atoms. The number of halogens is 2. The predicted octanol–water partition coefficient (Wildman–Crippen LogP) is 10.9. The zero-order chi connectivity index (χ0) is 31.5. The summed E-state index contributed by atoms with van der Waals surface area (Å²) >= 11 is -0.106. The van der Waals surface area contributed by atoms with E-state index in [4.69, 9.17) is 23.8 Å². The molecular formula is C36H46Cl2N3OPd-. The van der Waals surface area contributed by atoms with E-state index < -0.39 is 0 Å².